The predicted molar refractivity (Wildman–Crippen MR) is 73.5 cm³/mol. The third-order valence-corrected chi connectivity index (χ3v) is 3.90. The van der Waals surface area contributed by atoms with E-state index in [0.29, 0.717) is 23.8 Å². The highest BCUT2D eigenvalue weighted by Gasteiger charge is 2.29. The van der Waals surface area contributed by atoms with Crippen LogP contribution in [-0.4, -0.2) is 46.5 Å². The molecule has 1 aromatic heterocycles. The molecule has 2 unspecified atom stereocenters. The van der Waals surface area contributed by atoms with Gasteiger partial charge in [-0.1, -0.05) is 0 Å². The summed E-state index contributed by atoms with van der Waals surface area (Å²) in [6.07, 6.45) is 5.38. The Bertz CT molecular complexity index is 395. The van der Waals surface area contributed by atoms with E-state index in [4.69, 9.17) is 0 Å². The molecular weight excluding hydrogens is 242 g/mol. The number of hydrogen-bond acceptors (Lipinski definition) is 4. The number of carbonyl (C=O) groups excluding carboxylic acids is 1. The van der Waals surface area contributed by atoms with Crippen molar-refractivity contribution in [1.82, 2.24) is 25.7 Å². The number of hydrazine groups is 1. The summed E-state index contributed by atoms with van der Waals surface area (Å²) in [6, 6.07) is 0.974. The normalized spacial score (nSPS) is 26.6. The number of imidazole rings is 1. The molecular formula is C13H23N5O. The maximum atomic E-state index is 12.0. The first-order valence-electron chi connectivity index (χ1n) is 6.85. The fourth-order valence-corrected chi connectivity index (χ4v) is 2.64. The van der Waals surface area contributed by atoms with Gasteiger partial charge >= 0.3 is 0 Å². The molecule has 2 rings (SSSR count). The first kappa shape index (κ1) is 14.0. The van der Waals surface area contributed by atoms with Crippen molar-refractivity contribution in [3.8, 4) is 0 Å². The Morgan fingerprint density at radius 3 is 2.63 bits per heavy atom. The molecule has 1 saturated heterocycles. The van der Waals surface area contributed by atoms with Gasteiger partial charge in [0.25, 0.3) is 5.91 Å². The third kappa shape index (κ3) is 3.33. The van der Waals surface area contributed by atoms with Crippen LogP contribution in [0.2, 0.25) is 0 Å². The van der Waals surface area contributed by atoms with Crippen LogP contribution >= 0.6 is 0 Å². The molecule has 0 aromatic carbocycles. The van der Waals surface area contributed by atoms with E-state index in [1.54, 1.807) is 17.3 Å². The van der Waals surface area contributed by atoms with Crippen LogP contribution in [0.15, 0.2) is 12.4 Å². The number of nitrogens with zero attached hydrogens (tertiary/aromatic N) is 2. The Balaban J connectivity index is 1.75. The first-order valence-corrected chi connectivity index (χ1v) is 6.85. The topological polar surface area (TPSA) is 73.0 Å². The van der Waals surface area contributed by atoms with Gasteiger partial charge in [-0.15, -0.1) is 0 Å². The Morgan fingerprint density at radius 2 is 2.05 bits per heavy atom. The maximum Gasteiger partial charge on any atom is 0.289 e. The van der Waals surface area contributed by atoms with Gasteiger partial charge in [0.15, 0.2) is 5.82 Å². The minimum Gasteiger partial charge on any atom is -0.341 e. The molecule has 1 aliphatic rings. The van der Waals surface area contributed by atoms with Gasteiger partial charge in [-0.25, -0.2) is 4.98 Å². The highest BCUT2D eigenvalue weighted by atomic mass is 16.2. The monoisotopic (exact) mass is 265 g/mol. The van der Waals surface area contributed by atoms with Crippen molar-refractivity contribution in [1.29, 1.82) is 0 Å². The Morgan fingerprint density at radius 1 is 1.37 bits per heavy atom. The molecule has 1 aliphatic heterocycles. The van der Waals surface area contributed by atoms with Crippen LogP contribution < -0.4 is 10.9 Å². The zero-order chi connectivity index (χ0) is 13.8. The Labute approximate surface area is 113 Å². The molecule has 6 nitrogen and oxygen atoms in total. The van der Waals surface area contributed by atoms with Gasteiger partial charge in [-0.05, 0) is 32.6 Å². The lowest BCUT2D eigenvalue weighted by Crippen LogP contribution is -2.30. The lowest BCUT2D eigenvalue weighted by Gasteiger charge is -2.20. The number of nitrogens with one attached hydrogen (secondary N) is 3. The zero-order valence-electron chi connectivity index (χ0n) is 11.8. The van der Waals surface area contributed by atoms with Crippen LogP contribution in [0.3, 0.4) is 0 Å². The summed E-state index contributed by atoms with van der Waals surface area (Å²) in [5, 5.41) is 0. The maximum absolute atomic E-state index is 12.0. The van der Waals surface area contributed by atoms with E-state index < -0.39 is 0 Å². The molecule has 1 aromatic rings. The molecule has 1 amide bonds. The van der Waals surface area contributed by atoms with Gasteiger partial charge < -0.3 is 9.88 Å². The van der Waals surface area contributed by atoms with Crippen LogP contribution in [0.5, 0.6) is 0 Å². The fraction of sp³-hybridized carbons (Fsp3) is 0.692. The summed E-state index contributed by atoms with van der Waals surface area (Å²) in [6.45, 7) is 5.15. The van der Waals surface area contributed by atoms with Crippen molar-refractivity contribution in [2.45, 2.75) is 38.8 Å². The molecule has 19 heavy (non-hydrogen) atoms. The van der Waals surface area contributed by atoms with E-state index in [0.717, 1.165) is 19.4 Å². The van der Waals surface area contributed by atoms with Crippen LogP contribution in [0.25, 0.3) is 0 Å². The van der Waals surface area contributed by atoms with Crippen LogP contribution in [0.4, 0.5) is 0 Å². The zero-order valence-corrected chi connectivity index (χ0v) is 11.8. The lowest BCUT2D eigenvalue weighted by atomic mass is 9.91. The molecule has 0 bridgehead atoms. The van der Waals surface area contributed by atoms with Gasteiger partial charge in [0.2, 0.25) is 0 Å². The van der Waals surface area contributed by atoms with Crippen molar-refractivity contribution in [2.24, 2.45) is 5.92 Å². The van der Waals surface area contributed by atoms with Crippen molar-refractivity contribution in [2.75, 3.05) is 13.6 Å². The highest BCUT2D eigenvalue weighted by Crippen LogP contribution is 2.20. The Kier molecular flexibility index (Phi) is 4.55. The number of carbonyl (C=O) groups is 1. The largest absolute Gasteiger partial charge is 0.341 e. The molecule has 0 aliphatic carbocycles. The third-order valence-electron chi connectivity index (χ3n) is 3.90. The number of amides is 1. The molecule has 2 heterocycles. The highest BCUT2D eigenvalue weighted by molar-refractivity contribution is 5.90. The minimum absolute atomic E-state index is 0.0474. The summed E-state index contributed by atoms with van der Waals surface area (Å²) in [7, 11) is 1.82. The van der Waals surface area contributed by atoms with Gasteiger partial charge in [-0.2, -0.15) is 0 Å². The molecule has 0 saturated carbocycles. The summed E-state index contributed by atoms with van der Waals surface area (Å²) in [4.78, 5) is 20.5. The van der Waals surface area contributed by atoms with E-state index in [1.165, 1.54) is 0 Å². The molecule has 3 N–H and O–H groups in total. The van der Waals surface area contributed by atoms with Gasteiger partial charge in [-0.3, -0.25) is 15.6 Å². The molecule has 0 radical (unpaired) electrons. The van der Waals surface area contributed by atoms with Gasteiger partial charge in [0.1, 0.15) is 0 Å². The molecule has 106 valence electrons. The van der Waals surface area contributed by atoms with Crippen molar-refractivity contribution in [3.05, 3.63) is 18.2 Å². The number of hydrogen-bond donors (Lipinski definition) is 3. The van der Waals surface area contributed by atoms with Gasteiger partial charge in [0, 0.05) is 38.1 Å². The second-order valence-electron chi connectivity index (χ2n) is 5.34. The first-order chi connectivity index (χ1) is 9.09. The van der Waals surface area contributed by atoms with Crippen molar-refractivity contribution >= 4 is 5.91 Å². The molecule has 0 spiro atoms. The number of aromatic amines is 1. The summed E-state index contributed by atoms with van der Waals surface area (Å²) >= 11 is 0. The molecule has 1 fully saturated rings. The average Bonchev–Trinajstić information content (AvgIpc) is 3.02. The number of H-pyrrole nitrogens is 1. The summed E-state index contributed by atoms with van der Waals surface area (Å²) in [5.41, 5.74) is 6.51. The van der Waals surface area contributed by atoms with E-state index in [1.807, 2.05) is 7.05 Å². The van der Waals surface area contributed by atoms with E-state index in [-0.39, 0.29) is 5.91 Å². The van der Waals surface area contributed by atoms with E-state index in [2.05, 4.69) is 34.7 Å². The Hall–Kier alpha value is -1.40. The predicted octanol–water partition coefficient (Wildman–Crippen LogP) is 0.763. The van der Waals surface area contributed by atoms with E-state index >= 15 is 0 Å². The van der Waals surface area contributed by atoms with Gasteiger partial charge in [0.05, 0.1) is 0 Å². The van der Waals surface area contributed by atoms with Crippen molar-refractivity contribution < 1.29 is 4.79 Å². The van der Waals surface area contributed by atoms with E-state index in [9.17, 15) is 4.79 Å². The fourth-order valence-electron chi connectivity index (χ4n) is 2.64. The molecule has 6 heteroatoms. The standard InChI is InChI=1S/C13H23N5O/c1-9-11(10(2)17-16-9)5-4-8-18(3)13(19)12-14-6-7-15-12/h6-7,9-11,16-17H,4-5,8H2,1-3H3,(H,14,15). The van der Waals surface area contributed by atoms with Crippen LogP contribution in [-0.2, 0) is 0 Å². The summed E-state index contributed by atoms with van der Waals surface area (Å²) in [5.74, 6) is 0.981. The second kappa shape index (κ2) is 6.16. The van der Waals surface area contributed by atoms with Crippen molar-refractivity contribution in [3.63, 3.8) is 0 Å². The average molecular weight is 265 g/mol. The molecule has 2 atom stereocenters. The number of rotatable bonds is 5. The van der Waals surface area contributed by atoms with Crippen LogP contribution in [0, 0.1) is 5.92 Å². The van der Waals surface area contributed by atoms with Crippen LogP contribution in [0.1, 0.15) is 37.3 Å². The smallest absolute Gasteiger partial charge is 0.289 e. The summed E-state index contributed by atoms with van der Waals surface area (Å²) < 4.78 is 0. The quantitative estimate of drug-likeness (QED) is 0.735. The number of aromatic nitrogens is 2. The minimum atomic E-state index is -0.0474. The second-order valence-corrected chi connectivity index (χ2v) is 5.34. The lowest BCUT2D eigenvalue weighted by molar-refractivity contribution is 0.0779. The SMILES string of the molecule is CC1NNC(C)C1CCCN(C)C(=O)c1ncc[nH]1.